The summed E-state index contributed by atoms with van der Waals surface area (Å²) in [4.78, 5) is 23.7. The lowest BCUT2D eigenvalue weighted by Gasteiger charge is -2.12. The van der Waals surface area contributed by atoms with Crippen molar-refractivity contribution in [2.24, 2.45) is 0 Å². The molecule has 0 saturated heterocycles. The number of aryl methyl sites for hydroxylation is 1. The number of nitrogens with zero attached hydrogens (tertiary/aromatic N) is 3. The van der Waals surface area contributed by atoms with E-state index in [1.54, 1.807) is 12.4 Å². The summed E-state index contributed by atoms with van der Waals surface area (Å²) in [5.41, 5.74) is 3.70. The molecule has 0 bridgehead atoms. The van der Waals surface area contributed by atoms with Crippen LogP contribution < -0.4 is 11.0 Å². The van der Waals surface area contributed by atoms with Crippen LogP contribution in [0.15, 0.2) is 35.5 Å². The molecule has 0 spiro atoms. The van der Waals surface area contributed by atoms with E-state index in [4.69, 9.17) is 0 Å². The molecule has 4 rings (SSSR count). The molecule has 3 aromatic rings. The molecule has 1 saturated carbocycles. The molecule has 3 aromatic heterocycles. The molecule has 0 aromatic carbocycles. The molecule has 2 N–H and O–H groups in total. The van der Waals surface area contributed by atoms with E-state index in [1.807, 2.05) is 29.8 Å². The Bertz CT molecular complexity index is 905. The molecule has 6 heteroatoms. The summed E-state index contributed by atoms with van der Waals surface area (Å²) in [5, 5.41) is 3.31. The van der Waals surface area contributed by atoms with Crippen LogP contribution in [0.5, 0.6) is 0 Å². The van der Waals surface area contributed by atoms with Gasteiger partial charge in [-0.1, -0.05) is 12.8 Å². The Hall–Kier alpha value is -2.63. The van der Waals surface area contributed by atoms with E-state index < -0.39 is 0 Å². The molecule has 0 unspecified atom stereocenters. The van der Waals surface area contributed by atoms with E-state index in [0.717, 1.165) is 40.9 Å². The Labute approximate surface area is 133 Å². The third-order valence-corrected chi connectivity index (χ3v) is 4.57. The molecular weight excluding hydrogens is 290 g/mol. The molecule has 1 aliphatic rings. The predicted octanol–water partition coefficient (Wildman–Crippen LogP) is 3.29. The summed E-state index contributed by atoms with van der Waals surface area (Å²) < 4.78 is 1.90. The van der Waals surface area contributed by atoms with Crippen LogP contribution in [0.2, 0.25) is 0 Å². The first-order valence-corrected chi connectivity index (χ1v) is 8.00. The first-order valence-electron chi connectivity index (χ1n) is 8.00. The molecule has 3 heterocycles. The van der Waals surface area contributed by atoms with E-state index in [2.05, 4.69) is 20.3 Å². The summed E-state index contributed by atoms with van der Waals surface area (Å²) >= 11 is 0. The number of aromatic amines is 1. The molecule has 0 aliphatic heterocycles. The topological polar surface area (TPSA) is 75.6 Å². The van der Waals surface area contributed by atoms with Crippen molar-refractivity contribution in [3.63, 3.8) is 0 Å². The average Bonchev–Trinajstić information content (AvgIpc) is 3.16. The molecule has 0 amide bonds. The maximum Gasteiger partial charge on any atom is 0.326 e. The number of imidazole rings is 1. The standard InChI is InChI=1S/C17H19N5O/c1-11-9-18-7-6-13(11)20-16-8-15-14(10-19-16)21-17(23)22(15)12-4-2-3-5-12/h6-10,12H,2-5H2,1H3,(H,21,23)(H,18,19,20). The minimum absolute atomic E-state index is 0.0362. The lowest BCUT2D eigenvalue weighted by Crippen LogP contribution is -2.20. The van der Waals surface area contributed by atoms with Gasteiger partial charge < -0.3 is 10.3 Å². The van der Waals surface area contributed by atoms with Gasteiger partial charge in [0.2, 0.25) is 0 Å². The third-order valence-electron chi connectivity index (χ3n) is 4.57. The van der Waals surface area contributed by atoms with Crippen LogP contribution in [0, 0.1) is 6.92 Å². The summed E-state index contributed by atoms with van der Waals surface area (Å²) in [6, 6.07) is 4.17. The first kappa shape index (κ1) is 14.0. The van der Waals surface area contributed by atoms with Crippen LogP contribution in [0.1, 0.15) is 37.3 Å². The molecule has 1 aliphatic carbocycles. The summed E-state index contributed by atoms with van der Waals surface area (Å²) in [6.07, 6.45) is 9.81. The smallest absolute Gasteiger partial charge is 0.326 e. The van der Waals surface area contributed by atoms with Gasteiger partial charge in [0.15, 0.2) is 0 Å². The zero-order valence-corrected chi connectivity index (χ0v) is 13.0. The number of hydrogen-bond donors (Lipinski definition) is 2. The Morgan fingerprint density at radius 1 is 1.30 bits per heavy atom. The third kappa shape index (κ3) is 2.50. The number of rotatable bonds is 3. The number of aromatic nitrogens is 4. The largest absolute Gasteiger partial charge is 0.340 e. The van der Waals surface area contributed by atoms with Crippen molar-refractivity contribution >= 4 is 22.5 Å². The zero-order valence-electron chi connectivity index (χ0n) is 13.0. The minimum Gasteiger partial charge on any atom is -0.340 e. The van der Waals surface area contributed by atoms with Gasteiger partial charge in [-0.15, -0.1) is 0 Å². The second-order valence-corrected chi connectivity index (χ2v) is 6.14. The summed E-state index contributed by atoms with van der Waals surface area (Å²) in [7, 11) is 0. The second kappa shape index (κ2) is 5.53. The highest BCUT2D eigenvalue weighted by molar-refractivity contribution is 5.78. The van der Waals surface area contributed by atoms with Crippen molar-refractivity contribution in [3.05, 3.63) is 46.8 Å². The van der Waals surface area contributed by atoms with Crippen molar-refractivity contribution in [1.82, 2.24) is 19.5 Å². The number of hydrogen-bond acceptors (Lipinski definition) is 4. The molecule has 23 heavy (non-hydrogen) atoms. The van der Waals surface area contributed by atoms with Gasteiger partial charge in [0, 0.05) is 30.2 Å². The van der Waals surface area contributed by atoms with Crippen LogP contribution in [-0.4, -0.2) is 19.5 Å². The quantitative estimate of drug-likeness (QED) is 0.778. The second-order valence-electron chi connectivity index (χ2n) is 6.14. The van der Waals surface area contributed by atoms with Crippen molar-refractivity contribution in [1.29, 1.82) is 0 Å². The summed E-state index contributed by atoms with van der Waals surface area (Å²) in [5.74, 6) is 0.734. The SMILES string of the molecule is Cc1cnccc1Nc1cc2c(cn1)[nH]c(=O)n2C1CCCC1. The monoisotopic (exact) mass is 309 g/mol. The van der Waals surface area contributed by atoms with Gasteiger partial charge in [0.25, 0.3) is 0 Å². The van der Waals surface area contributed by atoms with Crippen molar-refractivity contribution in [2.75, 3.05) is 5.32 Å². The summed E-state index contributed by atoms with van der Waals surface area (Å²) in [6.45, 7) is 2.00. The minimum atomic E-state index is -0.0362. The Morgan fingerprint density at radius 2 is 2.13 bits per heavy atom. The molecular formula is C17H19N5O. The lowest BCUT2D eigenvalue weighted by molar-refractivity contribution is 0.518. The highest BCUT2D eigenvalue weighted by atomic mass is 16.1. The fourth-order valence-corrected chi connectivity index (χ4v) is 3.37. The lowest BCUT2D eigenvalue weighted by atomic mass is 10.2. The zero-order chi connectivity index (χ0) is 15.8. The Balaban J connectivity index is 1.76. The highest BCUT2D eigenvalue weighted by Gasteiger charge is 2.21. The normalized spacial score (nSPS) is 15.3. The van der Waals surface area contributed by atoms with Crippen LogP contribution in [0.4, 0.5) is 11.5 Å². The fourth-order valence-electron chi connectivity index (χ4n) is 3.37. The Kier molecular flexibility index (Phi) is 3.37. The van der Waals surface area contributed by atoms with Crippen molar-refractivity contribution in [3.8, 4) is 0 Å². The number of H-pyrrole nitrogens is 1. The van der Waals surface area contributed by atoms with Gasteiger partial charge >= 0.3 is 5.69 Å². The van der Waals surface area contributed by atoms with E-state index >= 15 is 0 Å². The number of fused-ring (bicyclic) bond motifs is 1. The van der Waals surface area contributed by atoms with Crippen LogP contribution in [0.3, 0.4) is 0 Å². The highest BCUT2D eigenvalue weighted by Crippen LogP contribution is 2.31. The van der Waals surface area contributed by atoms with Crippen LogP contribution in [0.25, 0.3) is 11.0 Å². The van der Waals surface area contributed by atoms with E-state index in [0.29, 0.717) is 6.04 Å². The van der Waals surface area contributed by atoms with Gasteiger partial charge in [0.05, 0.1) is 17.2 Å². The molecule has 0 atom stereocenters. The number of pyridine rings is 2. The van der Waals surface area contributed by atoms with Gasteiger partial charge in [-0.05, 0) is 31.4 Å². The molecule has 6 nitrogen and oxygen atoms in total. The average molecular weight is 309 g/mol. The molecule has 1 fully saturated rings. The number of anilines is 2. The van der Waals surface area contributed by atoms with Crippen molar-refractivity contribution in [2.45, 2.75) is 38.6 Å². The van der Waals surface area contributed by atoms with E-state index in [9.17, 15) is 4.79 Å². The predicted molar refractivity (Wildman–Crippen MR) is 90.1 cm³/mol. The van der Waals surface area contributed by atoms with Gasteiger partial charge in [-0.3, -0.25) is 9.55 Å². The molecule has 0 radical (unpaired) electrons. The Morgan fingerprint density at radius 3 is 2.91 bits per heavy atom. The van der Waals surface area contributed by atoms with E-state index in [-0.39, 0.29) is 5.69 Å². The fraction of sp³-hybridized carbons (Fsp3) is 0.353. The van der Waals surface area contributed by atoms with Crippen molar-refractivity contribution < 1.29 is 0 Å². The van der Waals surface area contributed by atoms with Gasteiger partial charge in [0.1, 0.15) is 5.82 Å². The van der Waals surface area contributed by atoms with Gasteiger partial charge in [-0.2, -0.15) is 0 Å². The van der Waals surface area contributed by atoms with E-state index in [1.165, 1.54) is 12.8 Å². The van der Waals surface area contributed by atoms with Gasteiger partial charge in [-0.25, -0.2) is 9.78 Å². The van der Waals surface area contributed by atoms with Crippen LogP contribution >= 0.6 is 0 Å². The maximum absolute atomic E-state index is 12.3. The van der Waals surface area contributed by atoms with Crippen LogP contribution in [-0.2, 0) is 0 Å². The molecule has 118 valence electrons. The first-order chi connectivity index (χ1) is 11.2. The number of nitrogens with one attached hydrogen (secondary N) is 2. The maximum atomic E-state index is 12.3.